The minimum absolute atomic E-state index is 0.167. The fourth-order valence-corrected chi connectivity index (χ4v) is 3.54. The van der Waals surface area contributed by atoms with E-state index in [-0.39, 0.29) is 11.8 Å². The zero-order valence-corrected chi connectivity index (χ0v) is 16.4. The van der Waals surface area contributed by atoms with Crippen LogP contribution >= 0.6 is 0 Å². The summed E-state index contributed by atoms with van der Waals surface area (Å²) in [5, 5.41) is 0. The predicted octanol–water partition coefficient (Wildman–Crippen LogP) is 3.55. The summed E-state index contributed by atoms with van der Waals surface area (Å²) < 4.78 is 10.7. The van der Waals surface area contributed by atoms with Gasteiger partial charge in [-0.25, -0.2) is 0 Å². The van der Waals surface area contributed by atoms with E-state index < -0.39 is 0 Å². The minimum atomic E-state index is 0.167. The summed E-state index contributed by atoms with van der Waals surface area (Å²) in [4.78, 5) is 17.0. The number of para-hydroxylation sites is 2. The Balaban J connectivity index is 1.56. The Morgan fingerprint density at radius 2 is 1.74 bits per heavy atom. The largest absolute Gasteiger partial charge is 0.497 e. The SMILES string of the molecule is COc1cccc(C(C)CC(=O)N2CCN(c3ccccc3OC)CC2)c1. The van der Waals surface area contributed by atoms with Crippen LogP contribution in [0.5, 0.6) is 11.5 Å². The van der Waals surface area contributed by atoms with Gasteiger partial charge in [-0.2, -0.15) is 0 Å². The zero-order valence-electron chi connectivity index (χ0n) is 16.4. The number of carbonyl (C=O) groups excluding carboxylic acids is 1. The number of amides is 1. The van der Waals surface area contributed by atoms with Gasteiger partial charge in [0.25, 0.3) is 0 Å². The van der Waals surface area contributed by atoms with Gasteiger partial charge < -0.3 is 19.3 Å². The number of benzene rings is 2. The molecule has 0 radical (unpaired) electrons. The highest BCUT2D eigenvalue weighted by molar-refractivity contribution is 5.77. The van der Waals surface area contributed by atoms with E-state index in [0.717, 1.165) is 48.9 Å². The van der Waals surface area contributed by atoms with E-state index in [1.807, 2.05) is 41.3 Å². The average Bonchev–Trinajstić information content (AvgIpc) is 2.73. The number of hydrogen-bond donors (Lipinski definition) is 0. The molecular weight excluding hydrogens is 340 g/mol. The van der Waals surface area contributed by atoms with E-state index in [1.54, 1.807) is 14.2 Å². The number of hydrogen-bond acceptors (Lipinski definition) is 4. The second-order valence-electron chi connectivity index (χ2n) is 6.92. The van der Waals surface area contributed by atoms with E-state index in [0.29, 0.717) is 6.42 Å². The Hall–Kier alpha value is -2.69. The van der Waals surface area contributed by atoms with Crippen molar-refractivity contribution in [1.29, 1.82) is 0 Å². The Kier molecular flexibility index (Phi) is 6.22. The molecule has 0 N–H and O–H groups in total. The maximum atomic E-state index is 12.8. The van der Waals surface area contributed by atoms with Gasteiger partial charge in [0.1, 0.15) is 11.5 Å². The van der Waals surface area contributed by atoms with Crippen molar-refractivity contribution in [3.63, 3.8) is 0 Å². The summed E-state index contributed by atoms with van der Waals surface area (Å²) >= 11 is 0. The first kappa shape index (κ1) is 19.1. The molecule has 0 aromatic heterocycles. The lowest BCUT2D eigenvalue weighted by molar-refractivity contribution is -0.131. The number of anilines is 1. The summed E-state index contributed by atoms with van der Waals surface area (Å²) in [6.07, 6.45) is 0.516. The number of methoxy groups -OCH3 is 2. The van der Waals surface area contributed by atoms with E-state index in [4.69, 9.17) is 9.47 Å². The molecule has 1 fully saturated rings. The highest BCUT2D eigenvalue weighted by Gasteiger charge is 2.24. The monoisotopic (exact) mass is 368 g/mol. The van der Waals surface area contributed by atoms with Gasteiger partial charge >= 0.3 is 0 Å². The van der Waals surface area contributed by atoms with Crippen LogP contribution in [0.15, 0.2) is 48.5 Å². The summed E-state index contributed by atoms with van der Waals surface area (Å²) in [6.45, 7) is 5.21. The molecule has 27 heavy (non-hydrogen) atoms. The lowest BCUT2D eigenvalue weighted by Crippen LogP contribution is -2.49. The van der Waals surface area contributed by atoms with Gasteiger partial charge in [0.15, 0.2) is 0 Å². The highest BCUT2D eigenvalue weighted by Crippen LogP contribution is 2.29. The van der Waals surface area contributed by atoms with Crippen LogP contribution in [-0.2, 0) is 4.79 Å². The quantitative estimate of drug-likeness (QED) is 0.782. The molecule has 0 bridgehead atoms. The predicted molar refractivity (Wildman–Crippen MR) is 108 cm³/mol. The molecule has 144 valence electrons. The Morgan fingerprint density at radius 3 is 2.44 bits per heavy atom. The zero-order chi connectivity index (χ0) is 19.2. The normalized spacial score (nSPS) is 15.4. The van der Waals surface area contributed by atoms with Gasteiger partial charge in [-0.05, 0) is 35.7 Å². The van der Waals surface area contributed by atoms with E-state index >= 15 is 0 Å². The second kappa shape index (κ2) is 8.80. The Labute approximate surface area is 161 Å². The van der Waals surface area contributed by atoms with Gasteiger partial charge in [0.05, 0.1) is 19.9 Å². The van der Waals surface area contributed by atoms with Crippen molar-refractivity contribution in [3.05, 3.63) is 54.1 Å². The molecular formula is C22H28N2O3. The molecule has 0 spiro atoms. The molecule has 2 aromatic carbocycles. The van der Waals surface area contributed by atoms with Crippen molar-refractivity contribution in [2.75, 3.05) is 45.3 Å². The van der Waals surface area contributed by atoms with Crippen molar-refractivity contribution >= 4 is 11.6 Å². The molecule has 0 saturated carbocycles. The molecule has 1 aliphatic rings. The molecule has 1 heterocycles. The summed E-state index contributed by atoms with van der Waals surface area (Å²) in [5.74, 6) is 2.09. The molecule has 5 heteroatoms. The van der Waals surface area contributed by atoms with Crippen molar-refractivity contribution in [2.24, 2.45) is 0 Å². The fourth-order valence-electron chi connectivity index (χ4n) is 3.54. The third-order valence-corrected chi connectivity index (χ3v) is 5.20. The summed E-state index contributed by atoms with van der Waals surface area (Å²) in [6, 6.07) is 16.0. The van der Waals surface area contributed by atoms with Crippen LogP contribution in [0.2, 0.25) is 0 Å². The summed E-state index contributed by atoms with van der Waals surface area (Å²) in [7, 11) is 3.36. The van der Waals surface area contributed by atoms with Crippen molar-refractivity contribution in [2.45, 2.75) is 19.3 Å². The van der Waals surface area contributed by atoms with Gasteiger partial charge in [0.2, 0.25) is 5.91 Å². The van der Waals surface area contributed by atoms with Crippen LogP contribution in [0.25, 0.3) is 0 Å². The maximum absolute atomic E-state index is 12.8. The standard InChI is InChI=1S/C22H28N2O3/c1-17(18-7-6-8-19(16-18)26-2)15-22(25)24-13-11-23(12-14-24)20-9-4-5-10-21(20)27-3/h4-10,16-17H,11-15H2,1-3H3. The molecule has 1 saturated heterocycles. The minimum Gasteiger partial charge on any atom is -0.497 e. The number of rotatable bonds is 6. The number of nitrogens with zero attached hydrogens (tertiary/aromatic N) is 2. The lowest BCUT2D eigenvalue weighted by atomic mass is 9.97. The molecule has 1 amide bonds. The third kappa shape index (κ3) is 4.54. The van der Waals surface area contributed by atoms with Crippen molar-refractivity contribution in [3.8, 4) is 11.5 Å². The molecule has 1 atom stereocenters. The molecule has 3 rings (SSSR count). The van der Waals surface area contributed by atoms with E-state index in [9.17, 15) is 4.79 Å². The van der Waals surface area contributed by atoms with Crippen LogP contribution in [0.4, 0.5) is 5.69 Å². The van der Waals surface area contributed by atoms with Crippen LogP contribution in [0.3, 0.4) is 0 Å². The molecule has 1 unspecified atom stereocenters. The van der Waals surface area contributed by atoms with Crippen LogP contribution < -0.4 is 14.4 Å². The first-order valence-electron chi connectivity index (χ1n) is 9.42. The number of carbonyl (C=O) groups is 1. The first-order chi connectivity index (χ1) is 13.1. The van der Waals surface area contributed by atoms with Gasteiger partial charge in [-0.1, -0.05) is 31.2 Å². The fraction of sp³-hybridized carbons (Fsp3) is 0.409. The van der Waals surface area contributed by atoms with Crippen molar-refractivity contribution < 1.29 is 14.3 Å². The van der Waals surface area contributed by atoms with Crippen LogP contribution in [-0.4, -0.2) is 51.2 Å². The first-order valence-corrected chi connectivity index (χ1v) is 9.42. The molecule has 5 nitrogen and oxygen atoms in total. The molecule has 2 aromatic rings. The van der Waals surface area contributed by atoms with Gasteiger partial charge in [-0.15, -0.1) is 0 Å². The Morgan fingerprint density at radius 1 is 1.00 bits per heavy atom. The van der Waals surface area contributed by atoms with Crippen LogP contribution in [0, 0.1) is 0 Å². The Bertz CT molecular complexity index is 770. The summed E-state index contributed by atoms with van der Waals surface area (Å²) in [5.41, 5.74) is 2.23. The van der Waals surface area contributed by atoms with E-state index in [2.05, 4.69) is 24.0 Å². The smallest absolute Gasteiger partial charge is 0.223 e. The lowest BCUT2D eigenvalue weighted by Gasteiger charge is -2.37. The second-order valence-corrected chi connectivity index (χ2v) is 6.92. The van der Waals surface area contributed by atoms with Crippen LogP contribution in [0.1, 0.15) is 24.8 Å². The molecule has 1 aliphatic heterocycles. The highest BCUT2D eigenvalue weighted by atomic mass is 16.5. The van der Waals surface area contributed by atoms with Gasteiger partial charge in [-0.3, -0.25) is 4.79 Å². The number of piperazine rings is 1. The third-order valence-electron chi connectivity index (χ3n) is 5.20. The van der Waals surface area contributed by atoms with E-state index in [1.165, 1.54) is 0 Å². The average molecular weight is 368 g/mol. The van der Waals surface area contributed by atoms with Gasteiger partial charge in [0, 0.05) is 32.6 Å². The topological polar surface area (TPSA) is 42.0 Å². The maximum Gasteiger partial charge on any atom is 0.223 e. The number of ether oxygens (including phenoxy) is 2. The molecule has 0 aliphatic carbocycles. The van der Waals surface area contributed by atoms with Crippen molar-refractivity contribution in [1.82, 2.24) is 4.90 Å².